The van der Waals surface area contributed by atoms with Gasteiger partial charge in [-0.2, -0.15) is 4.68 Å². The van der Waals surface area contributed by atoms with Crippen molar-refractivity contribution in [3.63, 3.8) is 0 Å². The molecule has 0 unspecified atom stereocenters. The molecule has 1 amide bonds. The van der Waals surface area contributed by atoms with Gasteiger partial charge in [0, 0.05) is 10.7 Å². The van der Waals surface area contributed by atoms with Gasteiger partial charge >= 0.3 is 11.5 Å². The third-order valence-electron chi connectivity index (χ3n) is 3.35. The van der Waals surface area contributed by atoms with Gasteiger partial charge < -0.3 is 15.4 Å². The second kappa shape index (κ2) is 6.62. The summed E-state index contributed by atoms with van der Waals surface area (Å²) in [4.78, 5) is 32.1. The lowest BCUT2D eigenvalue weighted by Gasteiger charge is -2.08. The van der Waals surface area contributed by atoms with Crippen LogP contribution in [0.2, 0.25) is 5.02 Å². The van der Waals surface area contributed by atoms with E-state index in [4.69, 9.17) is 11.6 Å². The normalized spacial score (nSPS) is 10.5. The Morgan fingerprint density at radius 2 is 1.96 bits per heavy atom. The van der Waals surface area contributed by atoms with Gasteiger partial charge in [0.2, 0.25) is 5.91 Å². The Bertz CT molecular complexity index is 848. The second-order valence-corrected chi connectivity index (χ2v) is 5.30. The summed E-state index contributed by atoms with van der Waals surface area (Å²) in [5, 5.41) is 28.4. The van der Waals surface area contributed by atoms with Gasteiger partial charge in [0.05, 0.1) is 10.0 Å². The van der Waals surface area contributed by atoms with E-state index in [1.807, 2.05) is 0 Å². The molecule has 10 nitrogen and oxygen atoms in total. The Morgan fingerprint density at radius 1 is 1.29 bits per heavy atom. The number of benzene rings is 1. The van der Waals surface area contributed by atoms with Crippen LogP contribution in [-0.2, 0) is 11.3 Å². The first-order chi connectivity index (χ1) is 11.2. The zero-order valence-electron chi connectivity index (χ0n) is 12.6. The lowest BCUT2D eigenvalue weighted by atomic mass is 10.2. The molecule has 0 aliphatic rings. The second-order valence-electron chi connectivity index (χ2n) is 4.89. The molecule has 2 rings (SSSR count). The molecule has 0 aliphatic carbocycles. The first-order valence-corrected chi connectivity index (χ1v) is 7.01. The zero-order valence-corrected chi connectivity index (χ0v) is 13.4. The maximum Gasteiger partial charge on any atom is 0.468 e. The SMILES string of the molecule is Cc1c(Cl)cccc1NC(=O)Cn1nc([N+](=O)[O-])c([N+](=O)[O-])c1C. The molecular weight excluding hydrogens is 342 g/mol. The summed E-state index contributed by atoms with van der Waals surface area (Å²) in [5.41, 5.74) is 0.319. The summed E-state index contributed by atoms with van der Waals surface area (Å²) in [5.74, 6) is -1.44. The number of rotatable bonds is 5. The molecule has 2 aromatic rings. The van der Waals surface area contributed by atoms with Crippen molar-refractivity contribution in [2.75, 3.05) is 5.32 Å². The summed E-state index contributed by atoms with van der Waals surface area (Å²) >= 11 is 5.96. The van der Waals surface area contributed by atoms with Crippen LogP contribution in [0, 0.1) is 34.1 Å². The number of nitrogens with one attached hydrogen (secondary N) is 1. The Labute approximate surface area is 140 Å². The molecule has 1 N–H and O–H groups in total. The number of halogens is 1. The Hall–Kier alpha value is -3.01. The fraction of sp³-hybridized carbons (Fsp3) is 0.231. The fourth-order valence-corrected chi connectivity index (χ4v) is 2.25. The van der Waals surface area contributed by atoms with E-state index in [1.165, 1.54) is 6.92 Å². The molecule has 0 saturated carbocycles. The van der Waals surface area contributed by atoms with Crippen LogP contribution in [0.25, 0.3) is 0 Å². The van der Waals surface area contributed by atoms with E-state index in [0.717, 1.165) is 4.68 Å². The van der Waals surface area contributed by atoms with Crippen LogP contribution in [0.5, 0.6) is 0 Å². The van der Waals surface area contributed by atoms with E-state index in [1.54, 1.807) is 25.1 Å². The Kier molecular flexibility index (Phi) is 4.79. The van der Waals surface area contributed by atoms with Crippen LogP contribution in [0.1, 0.15) is 11.3 Å². The van der Waals surface area contributed by atoms with Crippen molar-refractivity contribution in [2.45, 2.75) is 20.4 Å². The molecule has 0 atom stereocenters. The molecule has 0 fully saturated rings. The number of carbonyl (C=O) groups is 1. The third-order valence-corrected chi connectivity index (χ3v) is 3.76. The number of hydrogen-bond acceptors (Lipinski definition) is 6. The maximum atomic E-state index is 12.1. The van der Waals surface area contributed by atoms with E-state index >= 15 is 0 Å². The first-order valence-electron chi connectivity index (χ1n) is 6.63. The Morgan fingerprint density at radius 3 is 2.50 bits per heavy atom. The summed E-state index contributed by atoms with van der Waals surface area (Å²) < 4.78 is 0.922. The fourth-order valence-electron chi connectivity index (χ4n) is 2.08. The first kappa shape index (κ1) is 17.3. The van der Waals surface area contributed by atoms with Crippen molar-refractivity contribution in [3.05, 3.63) is 54.7 Å². The van der Waals surface area contributed by atoms with Gasteiger partial charge in [0.15, 0.2) is 0 Å². The van der Waals surface area contributed by atoms with Crippen LogP contribution in [0.3, 0.4) is 0 Å². The van der Waals surface area contributed by atoms with Gasteiger partial charge in [-0.25, -0.2) is 0 Å². The van der Waals surface area contributed by atoms with Crippen molar-refractivity contribution in [1.29, 1.82) is 0 Å². The predicted octanol–water partition coefficient (Wildman–Crippen LogP) is 2.61. The number of amides is 1. The van der Waals surface area contributed by atoms with Crippen LogP contribution in [0.4, 0.5) is 17.2 Å². The number of carbonyl (C=O) groups excluding carboxylic acids is 1. The van der Waals surface area contributed by atoms with E-state index < -0.39 is 33.8 Å². The summed E-state index contributed by atoms with van der Waals surface area (Å²) in [6, 6.07) is 4.96. The molecule has 11 heteroatoms. The topological polar surface area (TPSA) is 133 Å². The highest BCUT2D eigenvalue weighted by molar-refractivity contribution is 6.31. The van der Waals surface area contributed by atoms with Crippen molar-refractivity contribution < 1.29 is 14.6 Å². The number of nitrogens with zero attached hydrogens (tertiary/aromatic N) is 4. The minimum absolute atomic E-state index is 0.0790. The highest BCUT2D eigenvalue weighted by atomic mass is 35.5. The third kappa shape index (κ3) is 3.33. The van der Waals surface area contributed by atoms with Crippen molar-refractivity contribution in [3.8, 4) is 0 Å². The number of aromatic nitrogens is 2. The zero-order chi connectivity index (χ0) is 18.0. The molecular formula is C13H12ClN5O5. The van der Waals surface area contributed by atoms with Gasteiger partial charge in [0.1, 0.15) is 12.2 Å². The number of hydrogen-bond donors (Lipinski definition) is 1. The minimum atomic E-state index is -0.958. The van der Waals surface area contributed by atoms with Crippen molar-refractivity contribution in [1.82, 2.24) is 9.78 Å². The molecule has 1 heterocycles. The molecule has 0 bridgehead atoms. The highest BCUT2D eigenvalue weighted by Gasteiger charge is 2.35. The summed E-state index contributed by atoms with van der Waals surface area (Å²) in [6.07, 6.45) is 0. The van der Waals surface area contributed by atoms with E-state index in [2.05, 4.69) is 10.4 Å². The predicted molar refractivity (Wildman–Crippen MR) is 85.1 cm³/mol. The van der Waals surface area contributed by atoms with Gasteiger partial charge in [-0.3, -0.25) is 14.9 Å². The number of anilines is 1. The largest absolute Gasteiger partial charge is 0.468 e. The molecule has 0 saturated heterocycles. The molecule has 24 heavy (non-hydrogen) atoms. The van der Waals surface area contributed by atoms with E-state index in [9.17, 15) is 25.0 Å². The quantitative estimate of drug-likeness (QED) is 0.648. The number of nitro groups is 2. The molecule has 0 spiro atoms. The van der Waals surface area contributed by atoms with Gasteiger partial charge in [-0.05, 0) is 36.5 Å². The van der Waals surface area contributed by atoms with Crippen molar-refractivity contribution >= 4 is 34.7 Å². The van der Waals surface area contributed by atoms with Crippen LogP contribution >= 0.6 is 11.6 Å². The average Bonchev–Trinajstić information content (AvgIpc) is 2.81. The molecule has 1 aromatic heterocycles. The Balaban J connectivity index is 2.26. The van der Waals surface area contributed by atoms with Crippen LogP contribution in [0.15, 0.2) is 18.2 Å². The smallest absolute Gasteiger partial charge is 0.358 e. The standard InChI is InChI=1S/C13H12ClN5O5/c1-7-9(14)4-3-5-10(7)15-11(20)6-17-8(2)12(18(21)22)13(16-17)19(23)24/h3-5H,6H2,1-2H3,(H,15,20). The lowest BCUT2D eigenvalue weighted by molar-refractivity contribution is -0.424. The maximum absolute atomic E-state index is 12.1. The summed E-state index contributed by atoms with van der Waals surface area (Å²) in [7, 11) is 0. The monoisotopic (exact) mass is 353 g/mol. The molecule has 0 aliphatic heterocycles. The van der Waals surface area contributed by atoms with Crippen LogP contribution < -0.4 is 5.32 Å². The summed E-state index contributed by atoms with van der Waals surface area (Å²) in [6.45, 7) is 2.59. The van der Waals surface area contributed by atoms with E-state index in [-0.39, 0.29) is 5.69 Å². The molecule has 126 valence electrons. The van der Waals surface area contributed by atoms with E-state index in [0.29, 0.717) is 16.3 Å². The average molecular weight is 354 g/mol. The highest BCUT2D eigenvalue weighted by Crippen LogP contribution is 2.29. The van der Waals surface area contributed by atoms with Gasteiger partial charge in [0.25, 0.3) is 0 Å². The minimum Gasteiger partial charge on any atom is -0.358 e. The van der Waals surface area contributed by atoms with Gasteiger partial charge in [-0.15, -0.1) is 0 Å². The van der Waals surface area contributed by atoms with Crippen LogP contribution in [-0.4, -0.2) is 25.5 Å². The molecule has 1 aromatic carbocycles. The van der Waals surface area contributed by atoms with Crippen molar-refractivity contribution in [2.24, 2.45) is 0 Å². The van der Waals surface area contributed by atoms with Gasteiger partial charge in [-0.1, -0.05) is 17.7 Å². The molecule has 0 radical (unpaired) electrons. The lowest BCUT2D eigenvalue weighted by Crippen LogP contribution is -2.20.